The normalized spacial score (nSPS) is 20.0. The highest BCUT2D eigenvalue weighted by Gasteiger charge is 2.43. The van der Waals surface area contributed by atoms with Crippen LogP contribution in [0.3, 0.4) is 0 Å². The first-order valence-corrected chi connectivity index (χ1v) is 18.0. The molecule has 3 aromatic heterocycles. The van der Waals surface area contributed by atoms with Crippen LogP contribution >= 0.6 is 0 Å². The Morgan fingerprint density at radius 1 is 0.700 bits per heavy atom. The minimum absolute atomic E-state index is 0.0594. The second-order valence-corrected chi connectivity index (χ2v) is 13.4. The first-order chi connectivity index (χ1) is 24.8. The van der Waals surface area contributed by atoms with Gasteiger partial charge in [-0.1, -0.05) is 117 Å². The Bertz CT molecular complexity index is 2670. The molecule has 0 amide bonds. The minimum Gasteiger partial charge on any atom is -0.309 e. The quantitative estimate of drug-likeness (QED) is 0.178. The largest absolute Gasteiger partial charge is 0.309 e. The highest BCUT2D eigenvalue weighted by molar-refractivity contribution is 6.29. The van der Waals surface area contributed by atoms with Gasteiger partial charge >= 0.3 is 0 Å². The second-order valence-electron chi connectivity index (χ2n) is 13.4. The number of allylic oxidation sites excluding steroid dienone is 4. The molecule has 5 heteroatoms. The summed E-state index contributed by atoms with van der Waals surface area (Å²) in [6.45, 7) is 4.00. The van der Waals surface area contributed by atoms with Crippen molar-refractivity contribution in [2.75, 3.05) is 0 Å². The molecular weight excluding hydrogens is 611 g/mol. The SMILES string of the molecule is C1=CCCC(C2(c3ccccc3)NNC(c3ccc(-n4c5cccc6c7cccc8c9c(n(c%10cccc4c%10c65)c87)C=CC9)cc3)N2)=C1.CC. The van der Waals surface area contributed by atoms with Crippen molar-refractivity contribution in [1.82, 2.24) is 25.1 Å². The number of aromatic nitrogens is 2. The fourth-order valence-corrected chi connectivity index (χ4v) is 8.91. The number of hydrogen-bond donors (Lipinski definition) is 3. The van der Waals surface area contributed by atoms with E-state index in [2.05, 4.69) is 165 Å². The number of nitrogens with one attached hydrogen (secondary N) is 3. The van der Waals surface area contributed by atoms with E-state index in [1.165, 1.54) is 77.0 Å². The topological polar surface area (TPSA) is 45.4 Å². The molecule has 1 fully saturated rings. The Hall–Kier alpha value is -5.46. The number of fused-ring (bicyclic) bond motifs is 5. The van der Waals surface area contributed by atoms with Gasteiger partial charge in [0.25, 0.3) is 0 Å². The lowest BCUT2D eigenvalue weighted by atomic mass is 9.86. The molecule has 2 atom stereocenters. The van der Waals surface area contributed by atoms with Crippen molar-refractivity contribution in [2.24, 2.45) is 0 Å². The van der Waals surface area contributed by atoms with Crippen LogP contribution in [0.4, 0.5) is 0 Å². The van der Waals surface area contributed by atoms with E-state index >= 15 is 0 Å². The third-order valence-corrected chi connectivity index (χ3v) is 11.0. The predicted octanol–water partition coefficient (Wildman–Crippen LogP) is 10.2. The Morgan fingerprint density at radius 3 is 2.26 bits per heavy atom. The average Bonchev–Trinajstić information content (AvgIpc) is 3.97. The van der Waals surface area contributed by atoms with E-state index < -0.39 is 5.66 Å². The van der Waals surface area contributed by atoms with Crippen molar-refractivity contribution < 1.29 is 0 Å². The van der Waals surface area contributed by atoms with Crippen molar-refractivity contribution >= 4 is 55.1 Å². The van der Waals surface area contributed by atoms with Crippen molar-refractivity contribution in [3.63, 3.8) is 0 Å². The van der Waals surface area contributed by atoms with Crippen LogP contribution < -0.4 is 16.2 Å². The third-order valence-electron chi connectivity index (χ3n) is 11.0. The zero-order chi connectivity index (χ0) is 33.4. The summed E-state index contributed by atoms with van der Waals surface area (Å²) in [5, 5.41) is 10.6. The molecule has 0 spiro atoms. The first-order valence-electron chi connectivity index (χ1n) is 18.0. The lowest BCUT2D eigenvalue weighted by Crippen LogP contribution is -2.49. The molecule has 50 heavy (non-hydrogen) atoms. The van der Waals surface area contributed by atoms with Gasteiger partial charge in [-0.25, -0.2) is 10.9 Å². The zero-order valence-electron chi connectivity index (χ0n) is 28.4. The molecule has 5 aromatic carbocycles. The van der Waals surface area contributed by atoms with E-state index in [1.54, 1.807) is 0 Å². The van der Waals surface area contributed by atoms with E-state index in [4.69, 9.17) is 0 Å². The van der Waals surface area contributed by atoms with Gasteiger partial charge in [0.1, 0.15) is 5.66 Å². The van der Waals surface area contributed by atoms with E-state index in [9.17, 15) is 0 Å². The third kappa shape index (κ3) is 4.00. The summed E-state index contributed by atoms with van der Waals surface area (Å²) in [6.07, 6.45) is 14.3. The molecule has 2 aliphatic carbocycles. The number of benzene rings is 5. The molecule has 5 nitrogen and oxygen atoms in total. The number of para-hydroxylation sites is 1. The molecule has 0 radical (unpaired) electrons. The molecule has 3 N–H and O–H groups in total. The van der Waals surface area contributed by atoms with Crippen LogP contribution in [0.5, 0.6) is 0 Å². The minimum atomic E-state index is -0.474. The second kappa shape index (κ2) is 11.3. The van der Waals surface area contributed by atoms with Gasteiger partial charge in [-0.2, -0.15) is 0 Å². The van der Waals surface area contributed by atoms with E-state index in [0.717, 1.165) is 24.9 Å². The number of hydrazine groups is 1. The predicted molar refractivity (Wildman–Crippen MR) is 209 cm³/mol. The van der Waals surface area contributed by atoms with Gasteiger partial charge in [-0.15, -0.1) is 0 Å². The molecule has 4 heterocycles. The van der Waals surface area contributed by atoms with Crippen LogP contribution in [0.15, 0.2) is 139 Å². The van der Waals surface area contributed by atoms with Gasteiger partial charge in [0.05, 0.1) is 33.9 Å². The lowest BCUT2D eigenvalue weighted by Gasteiger charge is -2.34. The molecule has 2 unspecified atom stereocenters. The van der Waals surface area contributed by atoms with E-state index in [1.807, 2.05) is 13.8 Å². The highest BCUT2D eigenvalue weighted by atomic mass is 15.6. The smallest absolute Gasteiger partial charge is 0.132 e. The van der Waals surface area contributed by atoms with Crippen LogP contribution in [0.2, 0.25) is 0 Å². The van der Waals surface area contributed by atoms with Crippen LogP contribution in [0.1, 0.15) is 55.2 Å². The zero-order valence-corrected chi connectivity index (χ0v) is 28.4. The fraction of sp³-hybridized carbons (Fsp3) is 0.156. The molecule has 244 valence electrons. The van der Waals surface area contributed by atoms with Crippen LogP contribution in [-0.4, -0.2) is 8.97 Å². The number of hydrogen-bond acceptors (Lipinski definition) is 3. The van der Waals surface area contributed by atoms with Gasteiger partial charge < -0.3 is 8.97 Å². The van der Waals surface area contributed by atoms with Crippen molar-refractivity contribution in [3.8, 4) is 5.69 Å². The van der Waals surface area contributed by atoms with Gasteiger partial charge in [-0.3, -0.25) is 5.32 Å². The summed E-state index contributed by atoms with van der Waals surface area (Å²) in [5.74, 6) is 0. The van der Waals surface area contributed by atoms with Crippen LogP contribution in [-0.2, 0) is 12.1 Å². The maximum absolute atomic E-state index is 3.95. The maximum Gasteiger partial charge on any atom is 0.132 e. The van der Waals surface area contributed by atoms with Gasteiger partial charge in [0.2, 0.25) is 0 Å². The summed E-state index contributed by atoms with van der Waals surface area (Å²) < 4.78 is 4.98. The maximum atomic E-state index is 3.95. The summed E-state index contributed by atoms with van der Waals surface area (Å²) in [6, 6.07) is 40.3. The van der Waals surface area contributed by atoms with Crippen LogP contribution in [0, 0.1) is 0 Å². The lowest BCUT2D eigenvalue weighted by molar-refractivity contribution is 0.377. The van der Waals surface area contributed by atoms with Gasteiger partial charge in [0, 0.05) is 27.2 Å². The molecule has 0 saturated carbocycles. The molecular formula is C45H39N5. The number of nitrogens with zero attached hydrogens (tertiary/aromatic N) is 2. The molecule has 3 aliphatic rings. The van der Waals surface area contributed by atoms with Crippen LogP contribution in [0.25, 0.3) is 60.8 Å². The highest BCUT2D eigenvalue weighted by Crippen LogP contribution is 2.45. The van der Waals surface area contributed by atoms with Crippen molar-refractivity contribution in [3.05, 3.63) is 161 Å². The monoisotopic (exact) mass is 649 g/mol. The molecule has 11 rings (SSSR count). The standard InChI is InChI=1S/C43H33N5.C2H6/c1-3-11-28(12-4-1)43(29-13-5-2-6-14-29)44-42(45-46-43)27-23-25-30(26-24-27)47-36-20-9-16-32-34-18-7-17-33-31-15-8-19-35(31)48(41(33)34)38-22-10-21-37(47)40(38)39(32)36;1-2/h1-5,7-13,16-26,42,44-46H,6,14-15H2;1-2H3. The molecule has 1 saturated heterocycles. The summed E-state index contributed by atoms with van der Waals surface area (Å²) >= 11 is 0. The van der Waals surface area contributed by atoms with Gasteiger partial charge in [0.15, 0.2) is 0 Å². The molecule has 1 aliphatic heterocycles. The van der Waals surface area contributed by atoms with E-state index in [-0.39, 0.29) is 6.17 Å². The average molecular weight is 650 g/mol. The first kappa shape index (κ1) is 29.5. The fourth-order valence-electron chi connectivity index (χ4n) is 8.91. The van der Waals surface area contributed by atoms with Gasteiger partial charge in [-0.05, 0) is 83.3 Å². The van der Waals surface area contributed by atoms with Crippen molar-refractivity contribution in [2.45, 2.75) is 44.9 Å². The molecule has 8 aromatic rings. The Kier molecular flexibility index (Phi) is 6.65. The van der Waals surface area contributed by atoms with E-state index in [0.29, 0.717) is 0 Å². The Labute approximate surface area is 291 Å². The molecule has 0 bridgehead atoms. The number of rotatable bonds is 4. The summed E-state index contributed by atoms with van der Waals surface area (Å²) in [5.41, 5.74) is 19.5. The Balaban J connectivity index is 0.00000156. The summed E-state index contributed by atoms with van der Waals surface area (Å²) in [4.78, 5) is 0. The summed E-state index contributed by atoms with van der Waals surface area (Å²) in [7, 11) is 0. The Morgan fingerprint density at radius 2 is 1.44 bits per heavy atom. The van der Waals surface area contributed by atoms with Crippen molar-refractivity contribution in [1.29, 1.82) is 0 Å².